The van der Waals surface area contributed by atoms with E-state index in [0.29, 0.717) is 15.7 Å². The highest BCUT2D eigenvalue weighted by Gasteiger charge is 2.28. The number of anilines is 1. The molecule has 4 nitrogen and oxygen atoms in total. The van der Waals surface area contributed by atoms with Crippen LogP contribution < -0.4 is 4.90 Å². The molecule has 2 rings (SSSR count). The molecule has 1 saturated heterocycles. The smallest absolute Gasteiger partial charge is 0.234 e. The van der Waals surface area contributed by atoms with Crippen LogP contribution >= 0.6 is 15.9 Å². The fourth-order valence-corrected chi connectivity index (χ4v) is 2.10. The first-order chi connectivity index (χ1) is 7.60. The lowest BCUT2D eigenvalue weighted by Crippen LogP contribution is -2.24. The largest absolute Gasteiger partial charge is 0.305 e. The number of carbonyl (C=O) groups excluding carboxylic acids is 2. The highest BCUT2D eigenvalue weighted by atomic mass is 79.9. The number of ketones is 1. The van der Waals surface area contributed by atoms with E-state index < -0.39 is 0 Å². The van der Waals surface area contributed by atoms with Crippen LogP contribution in [0, 0.1) is 11.3 Å². The Hall–Kier alpha value is -1.67. The van der Waals surface area contributed by atoms with Gasteiger partial charge in [-0.3, -0.25) is 9.59 Å². The molecule has 0 aliphatic carbocycles. The normalized spacial score (nSPS) is 15.4. The lowest BCUT2D eigenvalue weighted by Gasteiger charge is -2.15. The summed E-state index contributed by atoms with van der Waals surface area (Å²) in [6.07, 6.45) is -0.0472. The minimum atomic E-state index is -0.216. The van der Waals surface area contributed by atoms with E-state index in [1.54, 1.807) is 18.2 Å². The van der Waals surface area contributed by atoms with Gasteiger partial charge in [0.15, 0.2) is 5.78 Å². The first-order valence-electron chi connectivity index (χ1n) is 4.63. The predicted molar refractivity (Wildman–Crippen MR) is 60.8 cm³/mol. The van der Waals surface area contributed by atoms with E-state index in [0.717, 1.165) is 0 Å². The van der Waals surface area contributed by atoms with Crippen molar-refractivity contribution >= 4 is 33.3 Å². The van der Waals surface area contributed by atoms with Gasteiger partial charge in [-0.15, -0.1) is 0 Å². The minimum Gasteiger partial charge on any atom is -0.305 e. The number of hydrogen-bond donors (Lipinski definition) is 0. The number of Topliss-reactive ketones (excluding diaryl/α,β-unsaturated/α-hetero) is 1. The van der Waals surface area contributed by atoms with Gasteiger partial charge >= 0.3 is 0 Å². The summed E-state index contributed by atoms with van der Waals surface area (Å²) >= 11 is 3.26. The zero-order chi connectivity index (χ0) is 11.7. The van der Waals surface area contributed by atoms with Gasteiger partial charge in [0.05, 0.1) is 24.6 Å². The highest BCUT2D eigenvalue weighted by Crippen LogP contribution is 2.25. The van der Waals surface area contributed by atoms with Crippen molar-refractivity contribution in [1.82, 2.24) is 0 Å². The topological polar surface area (TPSA) is 61.2 Å². The van der Waals surface area contributed by atoms with Crippen LogP contribution in [0.5, 0.6) is 0 Å². The third-order valence-electron chi connectivity index (χ3n) is 2.31. The van der Waals surface area contributed by atoms with Crippen molar-refractivity contribution in [2.24, 2.45) is 0 Å². The van der Waals surface area contributed by atoms with Crippen LogP contribution in [0.4, 0.5) is 5.69 Å². The van der Waals surface area contributed by atoms with Gasteiger partial charge in [0.1, 0.15) is 0 Å². The van der Waals surface area contributed by atoms with Crippen LogP contribution in [0.1, 0.15) is 12.0 Å². The Labute approximate surface area is 101 Å². The standard InChI is InChI=1S/C11H7BrN2O2/c12-8-1-7(5-13)2-9(3-8)14-6-10(15)4-11(14)16/h1-3H,4,6H2. The second-order valence-corrected chi connectivity index (χ2v) is 4.42. The van der Waals surface area contributed by atoms with Crippen molar-refractivity contribution < 1.29 is 9.59 Å². The Bertz CT molecular complexity index is 519. The molecule has 0 radical (unpaired) electrons. The molecule has 1 aromatic carbocycles. The van der Waals surface area contributed by atoms with Crippen LogP contribution in [0.25, 0.3) is 0 Å². The summed E-state index contributed by atoms with van der Waals surface area (Å²) in [6.45, 7) is 0.0974. The number of nitriles is 1. The molecule has 1 fully saturated rings. The predicted octanol–water partition coefficient (Wildman–Crippen LogP) is 1.63. The van der Waals surface area contributed by atoms with Gasteiger partial charge in [-0.1, -0.05) is 15.9 Å². The summed E-state index contributed by atoms with van der Waals surface area (Å²) in [5, 5.41) is 8.81. The molecule has 0 unspecified atom stereocenters. The Morgan fingerprint density at radius 3 is 2.62 bits per heavy atom. The summed E-state index contributed by atoms with van der Waals surface area (Å²) in [4.78, 5) is 24.0. The van der Waals surface area contributed by atoms with Crippen molar-refractivity contribution in [2.45, 2.75) is 6.42 Å². The molecule has 5 heteroatoms. The zero-order valence-electron chi connectivity index (χ0n) is 8.24. The summed E-state index contributed by atoms with van der Waals surface area (Å²) in [7, 11) is 0. The van der Waals surface area contributed by atoms with Crippen LogP contribution in [-0.2, 0) is 9.59 Å². The molecule has 1 aromatic rings. The fraction of sp³-hybridized carbons (Fsp3) is 0.182. The lowest BCUT2D eigenvalue weighted by molar-refractivity contribution is -0.121. The molecular formula is C11H7BrN2O2. The van der Waals surface area contributed by atoms with E-state index >= 15 is 0 Å². The SMILES string of the molecule is N#Cc1cc(Br)cc(N2CC(=O)CC2=O)c1. The van der Waals surface area contributed by atoms with Gasteiger partial charge in [0, 0.05) is 10.2 Å². The number of rotatable bonds is 1. The molecule has 0 aromatic heterocycles. The zero-order valence-corrected chi connectivity index (χ0v) is 9.82. The summed E-state index contributed by atoms with van der Waals surface area (Å²) in [5.74, 6) is -0.310. The van der Waals surface area contributed by atoms with Crippen LogP contribution in [0.2, 0.25) is 0 Å². The third kappa shape index (κ3) is 1.97. The van der Waals surface area contributed by atoms with Crippen LogP contribution in [0.15, 0.2) is 22.7 Å². The molecule has 16 heavy (non-hydrogen) atoms. The molecule has 80 valence electrons. The number of carbonyl (C=O) groups is 2. The van der Waals surface area contributed by atoms with Crippen molar-refractivity contribution in [3.05, 3.63) is 28.2 Å². The molecule has 1 aliphatic heterocycles. The first-order valence-corrected chi connectivity index (χ1v) is 5.42. The van der Waals surface area contributed by atoms with Crippen LogP contribution in [0.3, 0.4) is 0 Å². The second-order valence-electron chi connectivity index (χ2n) is 3.51. The molecule has 1 amide bonds. The maximum Gasteiger partial charge on any atom is 0.234 e. The molecule has 0 saturated carbocycles. The molecule has 1 heterocycles. The maximum absolute atomic E-state index is 11.5. The number of amides is 1. The van der Waals surface area contributed by atoms with Gasteiger partial charge in [-0.05, 0) is 18.2 Å². The number of nitrogens with zero attached hydrogens (tertiary/aromatic N) is 2. The minimum absolute atomic E-state index is 0.0472. The van der Waals surface area contributed by atoms with Gasteiger partial charge in [0.25, 0.3) is 0 Å². The monoisotopic (exact) mass is 278 g/mol. The summed E-state index contributed by atoms with van der Waals surface area (Å²) in [6, 6.07) is 6.98. The maximum atomic E-state index is 11.5. The van der Waals surface area contributed by atoms with Gasteiger partial charge in [-0.25, -0.2) is 0 Å². The number of halogens is 1. The van der Waals surface area contributed by atoms with E-state index in [1.807, 2.05) is 6.07 Å². The van der Waals surface area contributed by atoms with E-state index in [-0.39, 0.29) is 24.7 Å². The van der Waals surface area contributed by atoms with Gasteiger partial charge < -0.3 is 4.90 Å². The van der Waals surface area contributed by atoms with Crippen molar-refractivity contribution in [3.8, 4) is 6.07 Å². The first kappa shape index (κ1) is 10.8. The molecule has 0 atom stereocenters. The molecule has 0 N–H and O–H groups in total. The van der Waals surface area contributed by atoms with E-state index in [2.05, 4.69) is 15.9 Å². The van der Waals surface area contributed by atoms with Crippen LogP contribution in [-0.4, -0.2) is 18.2 Å². The van der Waals surface area contributed by atoms with Gasteiger partial charge in [0.2, 0.25) is 5.91 Å². The van der Waals surface area contributed by atoms with Crippen molar-refractivity contribution in [3.63, 3.8) is 0 Å². The highest BCUT2D eigenvalue weighted by molar-refractivity contribution is 9.10. The molecule has 1 aliphatic rings. The number of hydrogen-bond acceptors (Lipinski definition) is 3. The Kier molecular flexibility index (Phi) is 2.75. The fourth-order valence-electron chi connectivity index (χ4n) is 1.61. The Morgan fingerprint density at radius 2 is 2.06 bits per heavy atom. The Balaban J connectivity index is 2.41. The van der Waals surface area contributed by atoms with Gasteiger partial charge in [-0.2, -0.15) is 5.26 Å². The summed E-state index contributed by atoms with van der Waals surface area (Å²) in [5.41, 5.74) is 1.04. The molecular weight excluding hydrogens is 272 g/mol. The van der Waals surface area contributed by atoms with E-state index in [4.69, 9.17) is 5.26 Å². The molecule has 0 spiro atoms. The molecule has 0 bridgehead atoms. The average molecular weight is 279 g/mol. The third-order valence-corrected chi connectivity index (χ3v) is 2.77. The second kappa shape index (κ2) is 4.06. The van der Waals surface area contributed by atoms with Crippen molar-refractivity contribution in [1.29, 1.82) is 5.26 Å². The lowest BCUT2D eigenvalue weighted by atomic mass is 10.2. The summed E-state index contributed by atoms with van der Waals surface area (Å²) < 4.78 is 0.716. The Morgan fingerprint density at radius 1 is 1.31 bits per heavy atom. The average Bonchev–Trinajstić information content (AvgIpc) is 2.57. The van der Waals surface area contributed by atoms with E-state index in [1.165, 1.54) is 4.90 Å². The number of benzene rings is 1. The van der Waals surface area contributed by atoms with E-state index in [9.17, 15) is 9.59 Å². The quantitative estimate of drug-likeness (QED) is 0.734. The van der Waals surface area contributed by atoms with Crippen molar-refractivity contribution in [2.75, 3.05) is 11.4 Å².